The van der Waals surface area contributed by atoms with E-state index in [-0.39, 0.29) is 5.92 Å². The highest BCUT2D eigenvalue weighted by atomic mass is 16.1. The van der Waals surface area contributed by atoms with E-state index in [2.05, 4.69) is 24.3 Å². The number of rotatable bonds is 4. The summed E-state index contributed by atoms with van der Waals surface area (Å²) in [5, 5.41) is 7.71. The lowest BCUT2D eigenvalue weighted by Crippen LogP contribution is -2.32. The van der Waals surface area contributed by atoms with Gasteiger partial charge in [-0.05, 0) is 45.8 Å². The van der Waals surface area contributed by atoms with Crippen molar-refractivity contribution in [1.29, 1.82) is 0 Å². The van der Waals surface area contributed by atoms with Gasteiger partial charge in [0.1, 0.15) is 5.78 Å². The van der Waals surface area contributed by atoms with Crippen molar-refractivity contribution >= 4 is 5.78 Å². The van der Waals surface area contributed by atoms with Crippen LogP contribution in [0, 0.1) is 5.92 Å². The first kappa shape index (κ1) is 12.3. The topological polar surface area (TPSA) is 46.9 Å². The van der Waals surface area contributed by atoms with Crippen molar-refractivity contribution in [3.05, 3.63) is 18.0 Å². The number of nitrogens with one attached hydrogen (secondary N) is 1. The van der Waals surface area contributed by atoms with Crippen LogP contribution in [0.3, 0.4) is 0 Å². The molecule has 1 aromatic heterocycles. The second-order valence-electron chi connectivity index (χ2n) is 5.05. The summed E-state index contributed by atoms with van der Waals surface area (Å²) in [7, 11) is 0. The van der Waals surface area contributed by atoms with Gasteiger partial charge >= 0.3 is 0 Å². The first-order valence-electron chi connectivity index (χ1n) is 6.44. The van der Waals surface area contributed by atoms with Gasteiger partial charge in [-0.3, -0.25) is 9.48 Å². The van der Waals surface area contributed by atoms with Crippen LogP contribution in [0.2, 0.25) is 0 Å². The minimum absolute atomic E-state index is 0.237. The quantitative estimate of drug-likeness (QED) is 0.862. The van der Waals surface area contributed by atoms with Gasteiger partial charge in [0, 0.05) is 18.2 Å². The van der Waals surface area contributed by atoms with Crippen LogP contribution in [0.1, 0.15) is 38.4 Å². The Hall–Kier alpha value is -1.16. The molecule has 4 nitrogen and oxygen atoms in total. The van der Waals surface area contributed by atoms with Crippen molar-refractivity contribution in [2.45, 2.75) is 39.2 Å². The van der Waals surface area contributed by atoms with Crippen LogP contribution in [0.4, 0.5) is 0 Å². The molecule has 0 atom stereocenters. The molecule has 1 saturated heterocycles. The minimum Gasteiger partial charge on any atom is -0.317 e. The van der Waals surface area contributed by atoms with E-state index in [0.717, 1.165) is 31.6 Å². The zero-order valence-corrected chi connectivity index (χ0v) is 10.6. The van der Waals surface area contributed by atoms with Crippen molar-refractivity contribution in [2.75, 3.05) is 13.1 Å². The lowest BCUT2D eigenvalue weighted by molar-refractivity contribution is -0.123. The van der Waals surface area contributed by atoms with Gasteiger partial charge in [-0.15, -0.1) is 0 Å². The molecule has 1 aliphatic rings. The van der Waals surface area contributed by atoms with Crippen molar-refractivity contribution in [3.8, 4) is 0 Å². The largest absolute Gasteiger partial charge is 0.317 e. The zero-order chi connectivity index (χ0) is 12.3. The van der Waals surface area contributed by atoms with Gasteiger partial charge in [-0.1, -0.05) is 0 Å². The van der Waals surface area contributed by atoms with Gasteiger partial charge in [-0.25, -0.2) is 0 Å². The molecule has 17 heavy (non-hydrogen) atoms. The van der Waals surface area contributed by atoms with E-state index >= 15 is 0 Å². The molecule has 0 bridgehead atoms. The Morgan fingerprint density at radius 2 is 2.24 bits per heavy atom. The number of nitrogens with zero attached hydrogens (tertiary/aromatic N) is 2. The third kappa shape index (κ3) is 3.16. The van der Waals surface area contributed by atoms with Crippen LogP contribution in [0.25, 0.3) is 0 Å². The Morgan fingerprint density at radius 3 is 2.82 bits per heavy atom. The number of carbonyl (C=O) groups is 1. The van der Waals surface area contributed by atoms with Gasteiger partial charge in [0.25, 0.3) is 0 Å². The van der Waals surface area contributed by atoms with E-state index in [1.54, 1.807) is 0 Å². The van der Waals surface area contributed by atoms with E-state index < -0.39 is 0 Å². The second kappa shape index (κ2) is 5.45. The monoisotopic (exact) mass is 235 g/mol. The number of hydrogen-bond donors (Lipinski definition) is 1. The molecule has 0 aromatic carbocycles. The fourth-order valence-electron chi connectivity index (χ4n) is 2.23. The second-order valence-corrected chi connectivity index (χ2v) is 5.05. The van der Waals surface area contributed by atoms with E-state index in [4.69, 9.17) is 0 Å². The van der Waals surface area contributed by atoms with Crippen LogP contribution in [-0.4, -0.2) is 28.7 Å². The molecule has 0 unspecified atom stereocenters. The standard InChI is InChI=1S/C13H21N3O/c1-10(2)16-8-5-12(15-16)9-13(17)11-3-6-14-7-4-11/h5,8,10-11,14H,3-4,6-7,9H2,1-2H3. The number of Topliss-reactive ketones (excluding diaryl/α,β-unsaturated/α-hetero) is 1. The molecular formula is C13H21N3O. The fourth-order valence-corrected chi connectivity index (χ4v) is 2.23. The van der Waals surface area contributed by atoms with Crippen LogP contribution in [0.15, 0.2) is 12.3 Å². The van der Waals surface area contributed by atoms with E-state index in [1.807, 2.05) is 16.9 Å². The first-order chi connectivity index (χ1) is 8.16. The Bertz CT molecular complexity index is 378. The van der Waals surface area contributed by atoms with Crippen molar-refractivity contribution in [1.82, 2.24) is 15.1 Å². The van der Waals surface area contributed by atoms with Crippen LogP contribution >= 0.6 is 0 Å². The summed E-state index contributed by atoms with van der Waals surface area (Å²) in [6, 6.07) is 2.32. The van der Waals surface area contributed by atoms with Gasteiger partial charge in [0.05, 0.1) is 12.1 Å². The third-order valence-electron chi connectivity index (χ3n) is 3.34. The minimum atomic E-state index is 0.237. The number of piperidine rings is 1. The molecule has 0 radical (unpaired) electrons. The predicted octanol–water partition coefficient (Wildman–Crippen LogP) is 1.58. The SMILES string of the molecule is CC(C)n1ccc(CC(=O)C2CCNCC2)n1. The maximum absolute atomic E-state index is 12.1. The first-order valence-corrected chi connectivity index (χ1v) is 6.44. The van der Waals surface area contributed by atoms with Crippen LogP contribution < -0.4 is 5.32 Å². The lowest BCUT2D eigenvalue weighted by atomic mass is 9.91. The summed E-state index contributed by atoms with van der Waals surface area (Å²) < 4.78 is 1.91. The lowest BCUT2D eigenvalue weighted by Gasteiger charge is -2.20. The number of aromatic nitrogens is 2. The number of ketones is 1. The van der Waals surface area contributed by atoms with Crippen molar-refractivity contribution in [3.63, 3.8) is 0 Å². The molecule has 0 spiro atoms. The molecule has 0 aliphatic carbocycles. The average molecular weight is 235 g/mol. The summed E-state index contributed by atoms with van der Waals surface area (Å²) >= 11 is 0. The smallest absolute Gasteiger partial charge is 0.142 e. The molecule has 1 fully saturated rings. The van der Waals surface area contributed by atoms with Gasteiger partial charge in [-0.2, -0.15) is 5.10 Å². The molecule has 1 aromatic rings. The molecule has 0 amide bonds. The Morgan fingerprint density at radius 1 is 1.53 bits per heavy atom. The molecule has 0 saturated carbocycles. The summed E-state index contributed by atoms with van der Waals surface area (Å²) in [5.74, 6) is 0.584. The van der Waals surface area contributed by atoms with Gasteiger partial charge in [0.2, 0.25) is 0 Å². The van der Waals surface area contributed by atoms with Gasteiger partial charge < -0.3 is 5.32 Å². The third-order valence-corrected chi connectivity index (χ3v) is 3.34. The highest BCUT2D eigenvalue weighted by Crippen LogP contribution is 2.15. The Balaban J connectivity index is 1.92. The average Bonchev–Trinajstić information content (AvgIpc) is 2.79. The highest BCUT2D eigenvalue weighted by molar-refractivity contribution is 5.83. The maximum atomic E-state index is 12.1. The van der Waals surface area contributed by atoms with E-state index in [1.165, 1.54) is 0 Å². The zero-order valence-electron chi connectivity index (χ0n) is 10.6. The van der Waals surface area contributed by atoms with Crippen molar-refractivity contribution in [2.24, 2.45) is 5.92 Å². The highest BCUT2D eigenvalue weighted by Gasteiger charge is 2.21. The van der Waals surface area contributed by atoms with Crippen LogP contribution in [0.5, 0.6) is 0 Å². The number of carbonyl (C=O) groups excluding carboxylic acids is 1. The number of hydrogen-bond acceptors (Lipinski definition) is 3. The molecule has 1 aliphatic heterocycles. The summed E-state index contributed by atoms with van der Waals surface area (Å²) in [6.07, 6.45) is 4.40. The van der Waals surface area contributed by atoms with Crippen LogP contribution in [-0.2, 0) is 11.2 Å². The molecule has 2 heterocycles. The molecule has 2 rings (SSSR count). The van der Waals surface area contributed by atoms with E-state index in [0.29, 0.717) is 18.2 Å². The normalized spacial score (nSPS) is 17.6. The molecule has 4 heteroatoms. The summed E-state index contributed by atoms with van der Waals surface area (Å²) in [5.41, 5.74) is 0.905. The Kier molecular flexibility index (Phi) is 3.94. The van der Waals surface area contributed by atoms with E-state index in [9.17, 15) is 4.79 Å². The summed E-state index contributed by atoms with van der Waals surface area (Å²) in [6.45, 7) is 6.12. The molecule has 1 N–H and O–H groups in total. The fraction of sp³-hybridized carbons (Fsp3) is 0.692. The molecule has 94 valence electrons. The summed E-state index contributed by atoms with van der Waals surface area (Å²) in [4.78, 5) is 12.1. The van der Waals surface area contributed by atoms with Gasteiger partial charge in [0.15, 0.2) is 0 Å². The maximum Gasteiger partial charge on any atom is 0.142 e. The van der Waals surface area contributed by atoms with Crippen molar-refractivity contribution < 1.29 is 4.79 Å². The predicted molar refractivity (Wildman–Crippen MR) is 66.9 cm³/mol. The Labute approximate surface area is 102 Å². The molecular weight excluding hydrogens is 214 g/mol.